The molecule has 3 heterocycles. The summed E-state index contributed by atoms with van der Waals surface area (Å²) >= 11 is 0. The molecular formula is C21H32FN5O2. The molecule has 2 saturated carbocycles. The molecule has 0 spiro atoms. The minimum absolute atomic E-state index is 0.0291. The Morgan fingerprint density at radius 3 is 2.79 bits per heavy atom. The zero-order chi connectivity index (χ0) is 20.2. The molecule has 0 radical (unpaired) electrons. The number of morpholine rings is 1. The van der Waals surface area contributed by atoms with Gasteiger partial charge in [-0.2, -0.15) is 0 Å². The third-order valence-electron chi connectivity index (χ3n) is 6.89. The number of halogens is 1. The standard InChI is InChI=1S/C21H32FN5O2/c1-20(2)11-27(6-7-28-20)18-10-16(23-12-24-18)19-13-8-17(29-21(3)4-5-21)14(22)9-15(13)25-26-19/h10,12-15,17,19,25-26H,4-9,11H2,1-3H3. The molecule has 2 N–H and O–H groups in total. The molecule has 5 rings (SSSR count). The molecular weight excluding hydrogens is 373 g/mol. The van der Waals surface area contributed by atoms with Gasteiger partial charge in [0, 0.05) is 31.1 Å². The number of alkyl halides is 1. The van der Waals surface area contributed by atoms with Crippen molar-refractivity contribution < 1.29 is 13.9 Å². The number of rotatable bonds is 4. The van der Waals surface area contributed by atoms with E-state index >= 15 is 0 Å². The number of nitrogens with zero attached hydrogens (tertiary/aromatic N) is 3. The summed E-state index contributed by atoms with van der Waals surface area (Å²) in [6.07, 6.45) is 3.65. The number of aromatic nitrogens is 2. The van der Waals surface area contributed by atoms with Gasteiger partial charge in [0.15, 0.2) is 0 Å². The molecule has 4 aliphatic rings. The summed E-state index contributed by atoms with van der Waals surface area (Å²) in [5, 5.41) is 0. The fraction of sp³-hybridized carbons (Fsp3) is 0.810. The zero-order valence-electron chi connectivity index (χ0n) is 17.5. The first kappa shape index (κ1) is 19.6. The van der Waals surface area contributed by atoms with Gasteiger partial charge in [-0.25, -0.2) is 19.8 Å². The summed E-state index contributed by atoms with van der Waals surface area (Å²) in [7, 11) is 0. The highest BCUT2D eigenvalue weighted by Crippen LogP contribution is 2.45. The Hall–Kier alpha value is -1.35. The Morgan fingerprint density at radius 1 is 1.21 bits per heavy atom. The second-order valence-corrected chi connectivity index (χ2v) is 9.96. The van der Waals surface area contributed by atoms with Crippen molar-refractivity contribution in [3.05, 3.63) is 18.1 Å². The fourth-order valence-corrected chi connectivity index (χ4v) is 4.98. The van der Waals surface area contributed by atoms with Gasteiger partial charge < -0.3 is 14.4 Å². The average Bonchev–Trinajstić information content (AvgIpc) is 3.27. The van der Waals surface area contributed by atoms with E-state index in [0.717, 1.165) is 37.4 Å². The number of fused-ring (bicyclic) bond motifs is 1. The molecule has 5 atom stereocenters. The molecule has 29 heavy (non-hydrogen) atoms. The summed E-state index contributed by atoms with van der Waals surface area (Å²) in [5.41, 5.74) is 7.34. The van der Waals surface area contributed by atoms with E-state index in [1.165, 1.54) is 0 Å². The van der Waals surface area contributed by atoms with Gasteiger partial charge in [-0.1, -0.05) is 0 Å². The van der Waals surface area contributed by atoms with Crippen LogP contribution in [0.1, 0.15) is 58.2 Å². The lowest BCUT2D eigenvalue weighted by molar-refractivity contribution is -0.0886. The van der Waals surface area contributed by atoms with Gasteiger partial charge in [0.1, 0.15) is 18.3 Å². The van der Waals surface area contributed by atoms with Crippen molar-refractivity contribution in [3.8, 4) is 0 Å². The second-order valence-electron chi connectivity index (χ2n) is 9.96. The van der Waals surface area contributed by atoms with Crippen LogP contribution in [0.5, 0.6) is 0 Å². The summed E-state index contributed by atoms with van der Waals surface area (Å²) < 4.78 is 26.7. The lowest BCUT2D eigenvalue weighted by Crippen LogP contribution is -2.48. The van der Waals surface area contributed by atoms with Crippen molar-refractivity contribution in [1.82, 2.24) is 20.8 Å². The predicted octanol–water partition coefficient (Wildman–Crippen LogP) is 2.30. The minimum Gasteiger partial charge on any atom is -0.372 e. The van der Waals surface area contributed by atoms with E-state index in [1.807, 2.05) is 0 Å². The second kappa shape index (κ2) is 7.11. The first-order chi connectivity index (χ1) is 13.8. The highest BCUT2D eigenvalue weighted by atomic mass is 19.1. The van der Waals surface area contributed by atoms with E-state index in [0.29, 0.717) is 19.4 Å². The van der Waals surface area contributed by atoms with E-state index in [1.54, 1.807) is 6.33 Å². The average molecular weight is 406 g/mol. The van der Waals surface area contributed by atoms with Crippen LogP contribution in [0.25, 0.3) is 0 Å². The van der Waals surface area contributed by atoms with Crippen LogP contribution in [0.2, 0.25) is 0 Å². The Bertz CT molecular complexity index is 758. The van der Waals surface area contributed by atoms with Crippen molar-refractivity contribution >= 4 is 5.82 Å². The van der Waals surface area contributed by atoms with Crippen LogP contribution in [0, 0.1) is 5.92 Å². The van der Waals surface area contributed by atoms with Crippen molar-refractivity contribution in [3.63, 3.8) is 0 Å². The third-order valence-corrected chi connectivity index (χ3v) is 6.89. The van der Waals surface area contributed by atoms with E-state index in [-0.39, 0.29) is 35.3 Å². The van der Waals surface area contributed by atoms with Crippen LogP contribution in [-0.4, -0.2) is 59.2 Å². The van der Waals surface area contributed by atoms with E-state index in [9.17, 15) is 4.39 Å². The third kappa shape index (κ3) is 4.00. The fourth-order valence-electron chi connectivity index (χ4n) is 4.98. The quantitative estimate of drug-likeness (QED) is 0.796. The minimum atomic E-state index is -0.918. The molecule has 7 nitrogen and oxygen atoms in total. The number of hydrogen-bond donors (Lipinski definition) is 2. The van der Waals surface area contributed by atoms with Crippen molar-refractivity contribution in [2.75, 3.05) is 24.6 Å². The summed E-state index contributed by atoms with van der Waals surface area (Å²) in [5.74, 6) is 1.17. The molecule has 1 aromatic rings. The smallest absolute Gasteiger partial charge is 0.132 e. The molecule has 160 valence electrons. The van der Waals surface area contributed by atoms with Gasteiger partial charge in [0.25, 0.3) is 0 Å². The van der Waals surface area contributed by atoms with Crippen LogP contribution in [0.3, 0.4) is 0 Å². The maximum absolute atomic E-state index is 14.7. The zero-order valence-corrected chi connectivity index (χ0v) is 17.5. The van der Waals surface area contributed by atoms with Crippen molar-refractivity contribution in [2.45, 2.75) is 82.0 Å². The largest absolute Gasteiger partial charge is 0.372 e. The highest BCUT2D eigenvalue weighted by molar-refractivity contribution is 5.41. The first-order valence-electron chi connectivity index (χ1n) is 10.9. The van der Waals surface area contributed by atoms with Gasteiger partial charge in [0.2, 0.25) is 0 Å². The summed E-state index contributed by atoms with van der Waals surface area (Å²) in [6.45, 7) is 8.60. The SMILES string of the molecule is CC1(C)CN(c2cc(C3NNC4CC(F)C(OC5(C)CC5)CC43)ncn2)CCO1. The molecule has 0 amide bonds. The molecule has 0 aromatic carbocycles. The maximum Gasteiger partial charge on any atom is 0.132 e. The van der Waals surface area contributed by atoms with E-state index < -0.39 is 6.17 Å². The monoisotopic (exact) mass is 405 g/mol. The number of hydrazine groups is 1. The van der Waals surface area contributed by atoms with Crippen molar-refractivity contribution in [1.29, 1.82) is 0 Å². The lowest BCUT2D eigenvalue weighted by atomic mass is 9.78. The Morgan fingerprint density at radius 2 is 2.03 bits per heavy atom. The molecule has 2 saturated heterocycles. The molecule has 5 unspecified atom stereocenters. The van der Waals surface area contributed by atoms with Crippen LogP contribution in [0.15, 0.2) is 12.4 Å². The van der Waals surface area contributed by atoms with Crippen LogP contribution in [-0.2, 0) is 9.47 Å². The first-order valence-corrected chi connectivity index (χ1v) is 10.9. The number of hydrogen-bond acceptors (Lipinski definition) is 7. The Balaban J connectivity index is 1.33. The lowest BCUT2D eigenvalue weighted by Gasteiger charge is -2.39. The number of nitrogens with one attached hydrogen (secondary N) is 2. The van der Waals surface area contributed by atoms with E-state index in [4.69, 9.17) is 9.47 Å². The van der Waals surface area contributed by atoms with Gasteiger partial charge in [-0.05, 0) is 46.5 Å². The molecule has 4 fully saturated rings. The topological polar surface area (TPSA) is 71.5 Å². The highest BCUT2D eigenvalue weighted by Gasteiger charge is 2.50. The van der Waals surface area contributed by atoms with E-state index in [2.05, 4.69) is 52.6 Å². The molecule has 0 bridgehead atoms. The predicted molar refractivity (Wildman–Crippen MR) is 107 cm³/mol. The summed E-state index contributed by atoms with van der Waals surface area (Å²) in [6, 6.07) is 2.20. The maximum atomic E-state index is 14.7. The van der Waals surface area contributed by atoms with Crippen LogP contribution < -0.4 is 15.8 Å². The molecule has 2 aliphatic carbocycles. The van der Waals surface area contributed by atoms with Crippen LogP contribution in [0.4, 0.5) is 10.2 Å². The van der Waals surface area contributed by atoms with Gasteiger partial charge in [-0.15, -0.1) is 0 Å². The normalized spacial score (nSPS) is 37.9. The van der Waals surface area contributed by atoms with Gasteiger partial charge in [0.05, 0.1) is 35.6 Å². The van der Waals surface area contributed by atoms with Gasteiger partial charge in [-0.3, -0.25) is 5.43 Å². The summed E-state index contributed by atoms with van der Waals surface area (Å²) in [4.78, 5) is 11.3. The Labute approximate surface area is 171 Å². The molecule has 1 aromatic heterocycles. The molecule has 2 aliphatic heterocycles. The number of anilines is 1. The molecule has 8 heteroatoms. The van der Waals surface area contributed by atoms with Crippen LogP contribution >= 0.6 is 0 Å². The number of ether oxygens (including phenoxy) is 2. The van der Waals surface area contributed by atoms with Crippen molar-refractivity contribution in [2.24, 2.45) is 5.92 Å². The Kier molecular flexibility index (Phi) is 4.81. The van der Waals surface area contributed by atoms with Gasteiger partial charge >= 0.3 is 0 Å².